The Morgan fingerprint density at radius 1 is 1.29 bits per heavy atom. The van der Waals surface area contributed by atoms with Crippen LogP contribution in [0, 0.1) is 0 Å². The molecule has 0 saturated heterocycles. The molecule has 21 heavy (non-hydrogen) atoms. The Morgan fingerprint density at radius 2 is 2.00 bits per heavy atom. The molecule has 0 aromatic heterocycles. The highest BCUT2D eigenvalue weighted by Crippen LogP contribution is 2.24. The van der Waals surface area contributed by atoms with E-state index >= 15 is 0 Å². The standard InChI is InChI=1S/C16H17ClN2O2/c1-21-10-15(11-5-3-2-4-6-11)19-12-7-8-14(17)13(9-12)16(18)20/h2-9,15,19H,10H2,1H3,(H2,18,20). The molecule has 2 aromatic rings. The van der Waals surface area contributed by atoms with Crippen molar-refractivity contribution in [3.63, 3.8) is 0 Å². The number of benzene rings is 2. The van der Waals surface area contributed by atoms with Crippen molar-refractivity contribution in [1.29, 1.82) is 0 Å². The van der Waals surface area contributed by atoms with Gasteiger partial charge in [-0.2, -0.15) is 0 Å². The summed E-state index contributed by atoms with van der Waals surface area (Å²) in [6, 6.07) is 15.0. The number of hydrogen-bond donors (Lipinski definition) is 2. The Bertz CT molecular complexity index is 617. The smallest absolute Gasteiger partial charge is 0.250 e. The van der Waals surface area contributed by atoms with Crippen molar-refractivity contribution in [1.82, 2.24) is 0 Å². The lowest BCUT2D eigenvalue weighted by molar-refractivity contribution is 0.100. The number of anilines is 1. The van der Waals surface area contributed by atoms with Crippen LogP contribution < -0.4 is 11.1 Å². The molecule has 0 bridgehead atoms. The molecule has 2 aromatic carbocycles. The van der Waals surface area contributed by atoms with Gasteiger partial charge in [0, 0.05) is 12.8 Å². The Labute approximate surface area is 128 Å². The zero-order valence-corrected chi connectivity index (χ0v) is 12.4. The SMILES string of the molecule is COCC(Nc1ccc(Cl)c(C(N)=O)c1)c1ccccc1. The number of methoxy groups -OCH3 is 1. The van der Waals surface area contributed by atoms with E-state index in [1.807, 2.05) is 30.3 Å². The van der Waals surface area contributed by atoms with Gasteiger partial charge in [0.25, 0.3) is 0 Å². The van der Waals surface area contributed by atoms with Crippen LogP contribution in [0.15, 0.2) is 48.5 Å². The van der Waals surface area contributed by atoms with E-state index < -0.39 is 5.91 Å². The highest BCUT2D eigenvalue weighted by atomic mass is 35.5. The first kappa shape index (κ1) is 15.4. The van der Waals surface area contributed by atoms with E-state index in [0.717, 1.165) is 11.3 Å². The summed E-state index contributed by atoms with van der Waals surface area (Å²) in [4.78, 5) is 11.3. The predicted molar refractivity (Wildman–Crippen MR) is 84.7 cm³/mol. The minimum atomic E-state index is -0.549. The third kappa shape index (κ3) is 3.97. The monoisotopic (exact) mass is 304 g/mol. The molecule has 0 spiro atoms. The highest BCUT2D eigenvalue weighted by Gasteiger charge is 2.13. The van der Waals surface area contributed by atoms with Crippen LogP contribution in [-0.2, 0) is 4.74 Å². The van der Waals surface area contributed by atoms with E-state index in [1.165, 1.54) is 0 Å². The summed E-state index contributed by atoms with van der Waals surface area (Å²) in [5.41, 5.74) is 7.46. The number of nitrogens with two attached hydrogens (primary N) is 1. The van der Waals surface area contributed by atoms with Gasteiger partial charge in [-0.25, -0.2) is 0 Å². The number of halogens is 1. The van der Waals surface area contributed by atoms with Crippen molar-refractivity contribution in [2.75, 3.05) is 19.0 Å². The van der Waals surface area contributed by atoms with Crippen LogP contribution in [0.3, 0.4) is 0 Å². The molecule has 1 atom stereocenters. The molecule has 3 N–H and O–H groups in total. The van der Waals surface area contributed by atoms with E-state index in [4.69, 9.17) is 22.1 Å². The molecule has 0 aliphatic carbocycles. The predicted octanol–water partition coefficient (Wildman–Crippen LogP) is 3.24. The van der Waals surface area contributed by atoms with Crippen LogP contribution in [0.2, 0.25) is 5.02 Å². The molecule has 0 saturated carbocycles. The molecule has 4 nitrogen and oxygen atoms in total. The third-order valence-corrected chi connectivity index (χ3v) is 3.44. The van der Waals surface area contributed by atoms with Gasteiger partial charge in [-0.05, 0) is 23.8 Å². The first-order valence-electron chi connectivity index (χ1n) is 6.51. The number of primary amides is 1. The highest BCUT2D eigenvalue weighted by molar-refractivity contribution is 6.33. The van der Waals surface area contributed by atoms with Gasteiger partial charge in [0.1, 0.15) is 0 Å². The topological polar surface area (TPSA) is 64.3 Å². The number of amides is 1. The lowest BCUT2D eigenvalue weighted by atomic mass is 10.1. The van der Waals surface area contributed by atoms with Gasteiger partial charge in [0.05, 0.1) is 23.2 Å². The first-order chi connectivity index (χ1) is 10.1. The van der Waals surface area contributed by atoms with Crippen LogP contribution in [0.5, 0.6) is 0 Å². The zero-order chi connectivity index (χ0) is 15.2. The second-order valence-electron chi connectivity index (χ2n) is 4.62. The first-order valence-corrected chi connectivity index (χ1v) is 6.89. The molecule has 0 aliphatic heterocycles. The second kappa shape index (κ2) is 7.11. The Morgan fingerprint density at radius 3 is 2.62 bits per heavy atom. The van der Waals surface area contributed by atoms with Crippen LogP contribution in [0.4, 0.5) is 5.69 Å². The van der Waals surface area contributed by atoms with E-state index in [1.54, 1.807) is 25.3 Å². The Hall–Kier alpha value is -2.04. The molecular weight excluding hydrogens is 288 g/mol. The third-order valence-electron chi connectivity index (χ3n) is 3.11. The van der Waals surface area contributed by atoms with Crippen LogP contribution in [-0.4, -0.2) is 19.6 Å². The number of carbonyl (C=O) groups is 1. The van der Waals surface area contributed by atoms with Crippen molar-refractivity contribution in [2.45, 2.75) is 6.04 Å². The summed E-state index contributed by atoms with van der Waals surface area (Å²) >= 11 is 5.95. The quantitative estimate of drug-likeness (QED) is 0.861. The molecule has 0 heterocycles. The molecule has 110 valence electrons. The van der Waals surface area contributed by atoms with Crippen LogP contribution >= 0.6 is 11.6 Å². The summed E-state index contributed by atoms with van der Waals surface area (Å²) in [7, 11) is 1.65. The summed E-state index contributed by atoms with van der Waals surface area (Å²) in [5, 5.41) is 3.67. The largest absolute Gasteiger partial charge is 0.382 e. The van der Waals surface area contributed by atoms with Crippen LogP contribution in [0.25, 0.3) is 0 Å². The van der Waals surface area contributed by atoms with Crippen molar-refractivity contribution in [3.8, 4) is 0 Å². The fraction of sp³-hybridized carbons (Fsp3) is 0.188. The maximum atomic E-state index is 11.3. The van der Waals surface area contributed by atoms with E-state index in [-0.39, 0.29) is 6.04 Å². The molecule has 0 radical (unpaired) electrons. The molecule has 2 rings (SSSR count). The maximum Gasteiger partial charge on any atom is 0.250 e. The summed E-state index contributed by atoms with van der Waals surface area (Å²) in [6.45, 7) is 0.499. The summed E-state index contributed by atoms with van der Waals surface area (Å²) < 4.78 is 5.25. The number of ether oxygens (including phenoxy) is 1. The van der Waals surface area contributed by atoms with Crippen molar-refractivity contribution in [2.24, 2.45) is 5.73 Å². The van der Waals surface area contributed by atoms with Crippen molar-refractivity contribution < 1.29 is 9.53 Å². The van der Waals surface area contributed by atoms with Gasteiger partial charge in [-0.3, -0.25) is 4.79 Å². The molecule has 0 aliphatic rings. The molecule has 1 unspecified atom stereocenters. The Kier molecular flexibility index (Phi) is 5.20. The van der Waals surface area contributed by atoms with Gasteiger partial charge in [0.2, 0.25) is 5.91 Å². The second-order valence-corrected chi connectivity index (χ2v) is 5.03. The average molecular weight is 305 g/mol. The number of hydrogen-bond acceptors (Lipinski definition) is 3. The van der Waals surface area contributed by atoms with E-state index in [9.17, 15) is 4.79 Å². The van der Waals surface area contributed by atoms with Gasteiger partial charge in [0.15, 0.2) is 0 Å². The lowest BCUT2D eigenvalue weighted by Gasteiger charge is -2.20. The summed E-state index contributed by atoms with van der Waals surface area (Å²) in [6.07, 6.45) is 0. The van der Waals surface area contributed by atoms with Crippen molar-refractivity contribution in [3.05, 3.63) is 64.7 Å². The molecule has 0 fully saturated rings. The van der Waals surface area contributed by atoms with Crippen molar-refractivity contribution >= 4 is 23.2 Å². The average Bonchev–Trinajstić information content (AvgIpc) is 2.49. The van der Waals surface area contributed by atoms with E-state index in [0.29, 0.717) is 17.2 Å². The zero-order valence-electron chi connectivity index (χ0n) is 11.7. The summed E-state index contributed by atoms with van der Waals surface area (Å²) in [5.74, 6) is -0.549. The van der Waals surface area contributed by atoms with Gasteiger partial charge in [-0.15, -0.1) is 0 Å². The number of rotatable bonds is 6. The fourth-order valence-electron chi connectivity index (χ4n) is 2.08. The van der Waals surface area contributed by atoms with Crippen LogP contribution in [0.1, 0.15) is 22.0 Å². The normalized spacial score (nSPS) is 11.9. The minimum absolute atomic E-state index is 0.0295. The van der Waals surface area contributed by atoms with Gasteiger partial charge in [-0.1, -0.05) is 41.9 Å². The van der Waals surface area contributed by atoms with Gasteiger partial charge >= 0.3 is 0 Å². The molecule has 5 heteroatoms. The Balaban J connectivity index is 2.25. The fourth-order valence-corrected chi connectivity index (χ4v) is 2.29. The minimum Gasteiger partial charge on any atom is -0.382 e. The number of nitrogens with one attached hydrogen (secondary N) is 1. The number of carbonyl (C=O) groups excluding carboxylic acids is 1. The lowest BCUT2D eigenvalue weighted by Crippen LogP contribution is -2.17. The maximum absolute atomic E-state index is 11.3. The molecule has 1 amide bonds. The van der Waals surface area contributed by atoms with E-state index in [2.05, 4.69) is 5.32 Å². The molecular formula is C16H17ClN2O2. The van der Waals surface area contributed by atoms with Gasteiger partial charge < -0.3 is 15.8 Å².